The van der Waals surface area contributed by atoms with Gasteiger partial charge in [0, 0.05) is 30.8 Å². The Hall–Kier alpha value is -3.12. The molecule has 4 nitrogen and oxygen atoms in total. The quantitative estimate of drug-likeness (QED) is 0.469. The van der Waals surface area contributed by atoms with Crippen molar-refractivity contribution in [2.24, 2.45) is 0 Å². The molecule has 0 saturated heterocycles. The molecule has 0 saturated carbocycles. The minimum atomic E-state index is -0.615. The van der Waals surface area contributed by atoms with E-state index in [1.165, 1.54) is 24.3 Å². The topological polar surface area (TPSA) is 55.2 Å². The molecule has 0 heterocycles. The fourth-order valence-corrected chi connectivity index (χ4v) is 2.95. The van der Waals surface area contributed by atoms with E-state index in [9.17, 15) is 18.9 Å². The lowest BCUT2D eigenvalue weighted by atomic mass is 9.98. The third kappa shape index (κ3) is 4.54. The van der Waals surface area contributed by atoms with Gasteiger partial charge in [-0.25, -0.2) is 8.78 Å². The van der Waals surface area contributed by atoms with E-state index >= 15 is 0 Å². The minimum Gasteiger partial charge on any atom is -0.306 e. The first-order valence-corrected chi connectivity index (χ1v) is 8.46. The number of hydrogen-bond acceptors (Lipinski definition) is 3. The minimum absolute atomic E-state index is 0.0267. The van der Waals surface area contributed by atoms with Gasteiger partial charge in [0.2, 0.25) is 0 Å². The average molecular weight is 368 g/mol. The Morgan fingerprint density at radius 1 is 1.00 bits per heavy atom. The van der Waals surface area contributed by atoms with Gasteiger partial charge in [-0.05, 0) is 41.3 Å². The summed E-state index contributed by atoms with van der Waals surface area (Å²) in [7, 11) is 0. The zero-order chi connectivity index (χ0) is 19.4. The zero-order valence-corrected chi connectivity index (χ0v) is 14.7. The molecule has 0 fully saturated rings. The summed E-state index contributed by atoms with van der Waals surface area (Å²) in [5.74, 6) is -1.23. The molecular formula is C21H18F2N2O2. The van der Waals surface area contributed by atoms with E-state index in [0.29, 0.717) is 12.1 Å². The molecule has 3 rings (SSSR count). The highest BCUT2D eigenvalue weighted by atomic mass is 19.1. The van der Waals surface area contributed by atoms with Crippen LogP contribution in [0, 0.1) is 21.7 Å². The average Bonchev–Trinajstić information content (AvgIpc) is 2.65. The van der Waals surface area contributed by atoms with Gasteiger partial charge in [0.1, 0.15) is 11.6 Å². The van der Waals surface area contributed by atoms with E-state index in [0.717, 1.165) is 22.8 Å². The molecule has 138 valence electrons. The van der Waals surface area contributed by atoms with E-state index in [1.807, 2.05) is 37.3 Å². The number of nitrogens with one attached hydrogen (secondary N) is 1. The number of nitrogens with zero attached hydrogens (tertiary/aromatic N) is 1. The summed E-state index contributed by atoms with van der Waals surface area (Å²) >= 11 is 0. The predicted octanol–water partition coefficient (Wildman–Crippen LogP) is 5.39. The highest BCUT2D eigenvalue weighted by molar-refractivity contribution is 5.69. The zero-order valence-electron chi connectivity index (χ0n) is 14.7. The maximum Gasteiger partial charge on any atom is 0.270 e. The van der Waals surface area contributed by atoms with E-state index in [2.05, 4.69) is 5.32 Å². The van der Waals surface area contributed by atoms with Gasteiger partial charge in [-0.1, -0.05) is 36.4 Å². The molecule has 0 spiro atoms. The molecular weight excluding hydrogens is 350 g/mol. The normalized spacial score (nSPS) is 12.0. The second kappa shape index (κ2) is 8.05. The Kier molecular flexibility index (Phi) is 5.57. The van der Waals surface area contributed by atoms with Gasteiger partial charge in [-0.15, -0.1) is 0 Å². The van der Waals surface area contributed by atoms with Gasteiger partial charge in [0.15, 0.2) is 0 Å². The van der Waals surface area contributed by atoms with Gasteiger partial charge in [-0.3, -0.25) is 10.1 Å². The number of non-ortho nitro benzene ring substituents is 1. The number of nitro benzene ring substituents is 1. The van der Waals surface area contributed by atoms with Gasteiger partial charge in [0.25, 0.3) is 5.69 Å². The Balaban J connectivity index is 1.82. The number of benzene rings is 3. The third-order valence-corrected chi connectivity index (χ3v) is 4.37. The van der Waals surface area contributed by atoms with Crippen molar-refractivity contribution in [2.75, 3.05) is 0 Å². The summed E-state index contributed by atoms with van der Waals surface area (Å²) in [5, 5.41) is 14.3. The molecule has 1 unspecified atom stereocenters. The SMILES string of the molecule is CC(NCc1ccccc1-c1cccc([N+](=O)[O-])c1)c1cc(F)cc(F)c1. The van der Waals surface area contributed by atoms with Gasteiger partial charge in [0.05, 0.1) is 4.92 Å². The molecule has 6 heteroatoms. The summed E-state index contributed by atoms with van der Waals surface area (Å²) in [5.41, 5.74) is 3.08. The maximum absolute atomic E-state index is 13.4. The summed E-state index contributed by atoms with van der Waals surface area (Å²) in [6.07, 6.45) is 0. The first kappa shape index (κ1) is 18.7. The van der Waals surface area contributed by atoms with Gasteiger partial charge < -0.3 is 5.32 Å². The van der Waals surface area contributed by atoms with Crippen LogP contribution >= 0.6 is 0 Å². The van der Waals surface area contributed by atoms with E-state index in [4.69, 9.17) is 0 Å². The van der Waals surface area contributed by atoms with Crippen LogP contribution in [0.1, 0.15) is 24.1 Å². The van der Waals surface area contributed by atoms with Crippen molar-refractivity contribution in [3.05, 3.63) is 99.6 Å². The van der Waals surface area contributed by atoms with Crippen LogP contribution in [0.5, 0.6) is 0 Å². The fourth-order valence-electron chi connectivity index (χ4n) is 2.95. The van der Waals surface area contributed by atoms with Crippen LogP contribution in [0.4, 0.5) is 14.5 Å². The largest absolute Gasteiger partial charge is 0.306 e. The van der Waals surface area contributed by atoms with Crippen LogP contribution in [0.2, 0.25) is 0 Å². The molecule has 0 aliphatic rings. The molecule has 0 radical (unpaired) electrons. The number of hydrogen-bond donors (Lipinski definition) is 1. The smallest absolute Gasteiger partial charge is 0.270 e. The molecule has 3 aromatic rings. The van der Waals surface area contributed by atoms with Crippen LogP contribution < -0.4 is 5.32 Å². The lowest BCUT2D eigenvalue weighted by molar-refractivity contribution is -0.384. The van der Waals surface area contributed by atoms with Crippen molar-refractivity contribution in [3.8, 4) is 11.1 Å². The second-order valence-electron chi connectivity index (χ2n) is 6.27. The Labute approximate surface area is 155 Å². The number of halogens is 2. The molecule has 1 atom stereocenters. The number of rotatable bonds is 6. The molecule has 1 N–H and O–H groups in total. The van der Waals surface area contributed by atoms with Crippen LogP contribution in [-0.4, -0.2) is 4.92 Å². The molecule has 0 bridgehead atoms. The first-order chi connectivity index (χ1) is 12.9. The van der Waals surface area contributed by atoms with Crippen molar-refractivity contribution in [2.45, 2.75) is 19.5 Å². The lowest BCUT2D eigenvalue weighted by Crippen LogP contribution is -2.18. The Morgan fingerprint density at radius 2 is 1.70 bits per heavy atom. The highest BCUT2D eigenvalue weighted by Crippen LogP contribution is 2.27. The van der Waals surface area contributed by atoms with Crippen LogP contribution in [0.25, 0.3) is 11.1 Å². The molecule has 0 aliphatic heterocycles. The first-order valence-electron chi connectivity index (χ1n) is 8.46. The van der Waals surface area contributed by atoms with Crippen molar-refractivity contribution >= 4 is 5.69 Å². The standard InChI is InChI=1S/C21H18F2N2O2/c1-14(17-9-18(22)12-19(23)10-17)24-13-16-5-2-3-8-21(16)15-6-4-7-20(11-15)25(26)27/h2-12,14,24H,13H2,1H3. The summed E-state index contributed by atoms with van der Waals surface area (Å²) < 4.78 is 26.8. The van der Waals surface area contributed by atoms with E-state index in [1.54, 1.807) is 6.07 Å². The molecule has 3 aromatic carbocycles. The van der Waals surface area contributed by atoms with Crippen molar-refractivity contribution in [1.82, 2.24) is 5.32 Å². The van der Waals surface area contributed by atoms with Crippen LogP contribution in [0.15, 0.2) is 66.7 Å². The van der Waals surface area contributed by atoms with Crippen molar-refractivity contribution in [3.63, 3.8) is 0 Å². The van der Waals surface area contributed by atoms with E-state index < -0.39 is 16.6 Å². The maximum atomic E-state index is 13.4. The van der Waals surface area contributed by atoms with Gasteiger partial charge >= 0.3 is 0 Å². The van der Waals surface area contributed by atoms with Crippen LogP contribution in [-0.2, 0) is 6.54 Å². The molecule has 0 aromatic heterocycles. The summed E-state index contributed by atoms with van der Waals surface area (Å²) in [4.78, 5) is 10.6. The molecule has 0 aliphatic carbocycles. The lowest BCUT2D eigenvalue weighted by Gasteiger charge is -2.17. The number of nitro groups is 1. The second-order valence-corrected chi connectivity index (χ2v) is 6.27. The Morgan fingerprint density at radius 3 is 2.41 bits per heavy atom. The summed E-state index contributed by atoms with van der Waals surface area (Å²) in [6, 6.07) is 17.2. The van der Waals surface area contributed by atoms with Crippen LogP contribution in [0.3, 0.4) is 0 Å². The van der Waals surface area contributed by atoms with Crippen molar-refractivity contribution < 1.29 is 13.7 Å². The summed E-state index contributed by atoms with van der Waals surface area (Å²) in [6.45, 7) is 2.27. The monoisotopic (exact) mass is 368 g/mol. The molecule has 27 heavy (non-hydrogen) atoms. The van der Waals surface area contributed by atoms with Crippen molar-refractivity contribution in [1.29, 1.82) is 0 Å². The third-order valence-electron chi connectivity index (χ3n) is 4.37. The fraction of sp³-hybridized carbons (Fsp3) is 0.143. The predicted molar refractivity (Wildman–Crippen MR) is 100 cm³/mol. The van der Waals surface area contributed by atoms with E-state index in [-0.39, 0.29) is 11.7 Å². The molecule has 0 amide bonds. The van der Waals surface area contributed by atoms with Gasteiger partial charge in [-0.2, -0.15) is 0 Å². The Bertz CT molecular complexity index is 956. The highest BCUT2D eigenvalue weighted by Gasteiger charge is 2.12.